The summed E-state index contributed by atoms with van der Waals surface area (Å²) in [6.07, 6.45) is -1.99. The molecular weight excluding hydrogens is 365 g/mol. The van der Waals surface area contributed by atoms with Crippen molar-refractivity contribution in [1.82, 2.24) is 15.2 Å². The van der Waals surface area contributed by atoms with Crippen LogP contribution >= 0.6 is 0 Å². The van der Waals surface area contributed by atoms with Crippen LogP contribution in [0, 0.1) is 0 Å². The van der Waals surface area contributed by atoms with E-state index in [1.165, 1.54) is 0 Å². The maximum Gasteiger partial charge on any atom is 0.421 e. The van der Waals surface area contributed by atoms with E-state index in [0.29, 0.717) is 19.3 Å². The lowest BCUT2D eigenvalue weighted by Gasteiger charge is -2.21. The Hall–Kier alpha value is -2.36. The van der Waals surface area contributed by atoms with E-state index in [4.69, 9.17) is 14.9 Å². The van der Waals surface area contributed by atoms with Crippen molar-refractivity contribution in [3.8, 4) is 17.5 Å². The lowest BCUT2D eigenvalue weighted by atomic mass is 9.97. The fraction of sp³-hybridized carbons (Fsp3) is 0.588. The minimum Gasteiger partial charge on any atom is -0.474 e. The molecule has 27 heavy (non-hydrogen) atoms. The molecule has 3 N–H and O–H groups in total. The number of aliphatic hydroxyl groups is 1. The molecule has 0 fully saturated rings. The highest BCUT2D eigenvalue weighted by atomic mass is 19.4. The van der Waals surface area contributed by atoms with Gasteiger partial charge in [-0.05, 0) is 39.2 Å². The van der Waals surface area contributed by atoms with Crippen LogP contribution in [0.1, 0.15) is 57.4 Å². The summed E-state index contributed by atoms with van der Waals surface area (Å²) < 4.78 is 51.1. The van der Waals surface area contributed by atoms with Gasteiger partial charge in [0.05, 0.1) is 11.8 Å². The van der Waals surface area contributed by atoms with Crippen molar-refractivity contribution < 1.29 is 27.4 Å². The average Bonchev–Trinajstić information content (AvgIpc) is 3.04. The summed E-state index contributed by atoms with van der Waals surface area (Å²) in [6.45, 7) is 3.24. The van der Waals surface area contributed by atoms with Gasteiger partial charge in [-0.25, -0.2) is 4.98 Å². The Kier molecular flexibility index (Phi) is 5.02. The fourth-order valence-corrected chi connectivity index (χ4v) is 2.95. The zero-order valence-corrected chi connectivity index (χ0v) is 15.0. The van der Waals surface area contributed by atoms with Gasteiger partial charge in [0.15, 0.2) is 5.69 Å². The smallest absolute Gasteiger partial charge is 0.421 e. The highest BCUT2D eigenvalue weighted by Crippen LogP contribution is 2.40. The number of hydrogen-bond acceptors (Lipinski definition) is 7. The van der Waals surface area contributed by atoms with Gasteiger partial charge >= 0.3 is 6.18 Å². The third-order valence-corrected chi connectivity index (χ3v) is 4.50. The van der Waals surface area contributed by atoms with Crippen LogP contribution in [-0.4, -0.2) is 26.4 Å². The second-order valence-corrected chi connectivity index (χ2v) is 6.99. The third kappa shape index (κ3) is 4.15. The Morgan fingerprint density at radius 1 is 1.26 bits per heavy atom. The molecule has 4 bridgehead atoms. The summed E-state index contributed by atoms with van der Waals surface area (Å²) >= 11 is 0. The Bertz CT molecular complexity index is 820. The number of anilines is 1. The Morgan fingerprint density at radius 2 is 2.00 bits per heavy atom. The molecule has 2 atom stereocenters. The Labute approximate surface area is 153 Å². The maximum absolute atomic E-state index is 13.4. The van der Waals surface area contributed by atoms with Crippen molar-refractivity contribution in [2.24, 2.45) is 0 Å². The van der Waals surface area contributed by atoms with Crippen LogP contribution in [-0.2, 0) is 11.8 Å². The summed E-state index contributed by atoms with van der Waals surface area (Å²) in [5.74, 6) is -0.791. The van der Waals surface area contributed by atoms with Crippen LogP contribution in [0.2, 0.25) is 0 Å². The summed E-state index contributed by atoms with van der Waals surface area (Å²) in [4.78, 5) is 3.93. The largest absolute Gasteiger partial charge is 0.474 e. The number of pyridine rings is 1. The molecule has 0 saturated carbocycles. The predicted molar refractivity (Wildman–Crippen MR) is 89.7 cm³/mol. The van der Waals surface area contributed by atoms with Gasteiger partial charge in [-0.1, -0.05) is 12.8 Å². The van der Waals surface area contributed by atoms with Crippen molar-refractivity contribution in [2.45, 2.75) is 63.8 Å². The predicted octanol–water partition coefficient (Wildman–Crippen LogP) is 3.67. The normalized spacial score (nSPS) is 24.1. The molecule has 0 aromatic carbocycles. The van der Waals surface area contributed by atoms with Gasteiger partial charge < -0.3 is 20.0 Å². The Morgan fingerprint density at radius 3 is 2.70 bits per heavy atom. The Balaban J connectivity index is 2.13. The molecule has 148 valence electrons. The van der Waals surface area contributed by atoms with E-state index < -0.39 is 29.3 Å². The first-order valence-electron chi connectivity index (χ1n) is 8.69. The monoisotopic (exact) mass is 386 g/mol. The van der Waals surface area contributed by atoms with Crippen molar-refractivity contribution in [3.63, 3.8) is 0 Å². The summed E-state index contributed by atoms with van der Waals surface area (Å²) in [5, 5.41) is 18.2. The fourth-order valence-electron chi connectivity index (χ4n) is 2.95. The van der Waals surface area contributed by atoms with Crippen molar-refractivity contribution >= 4 is 5.69 Å². The zero-order valence-electron chi connectivity index (χ0n) is 15.0. The van der Waals surface area contributed by atoms with E-state index in [9.17, 15) is 18.3 Å². The van der Waals surface area contributed by atoms with Gasteiger partial charge in [-0.15, -0.1) is 10.2 Å². The number of fused-ring (bicyclic) bond motifs is 5. The quantitative estimate of drug-likeness (QED) is 0.711. The summed E-state index contributed by atoms with van der Waals surface area (Å²) in [6, 6.07) is 0.748. The highest BCUT2D eigenvalue weighted by Gasteiger charge is 2.38. The summed E-state index contributed by atoms with van der Waals surface area (Å²) in [7, 11) is 0. The van der Waals surface area contributed by atoms with Gasteiger partial charge in [-0.2, -0.15) is 13.2 Å². The van der Waals surface area contributed by atoms with Crippen molar-refractivity contribution in [1.29, 1.82) is 0 Å². The van der Waals surface area contributed by atoms with Gasteiger partial charge in [0.25, 0.3) is 5.89 Å². The molecule has 0 spiro atoms. The van der Waals surface area contributed by atoms with E-state index in [2.05, 4.69) is 15.2 Å². The van der Waals surface area contributed by atoms with E-state index >= 15 is 0 Å². The van der Waals surface area contributed by atoms with Crippen LogP contribution in [0.5, 0.6) is 5.88 Å². The number of hydrogen-bond donors (Lipinski definition) is 2. The van der Waals surface area contributed by atoms with Gasteiger partial charge in [0, 0.05) is 0 Å². The van der Waals surface area contributed by atoms with E-state index in [1.54, 1.807) is 13.8 Å². The molecular formula is C17H21F3N4O3. The molecule has 2 aromatic heterocycles. The van der Waals surface area contributed by atoms with E-state index in [0.717, 1.165) is 18.9 Å². The van der Waals surface area contributed by atoms with Crippen LogP contribution in [0.3, 0.4) is 0 Å². The first-order valence-corrected chi connectivity index (χ1v) is 8.69. The molecule has 0 saturated heterocycles. The van der Waals surface area contributed by atoms with Gasteiger partial charge in [0.2, 0.25) is 11.8 Å². The molecule has 0 unspecified atom stereocenters. The molecule has 1 aliphatic heterocycles. The third-order valence-electron chi connectivity index (χ3n) is 4.50. The van der Waals surface area contributed by atoms with Crippen LogP contribution in [0.4, 0.5) is 18.9 Å². The molecule has 1 aliphatic rings. The lowest BCUT2D eigenvalue weighted by molar-refractivity contribution is -0.139. The summed E-state index contributed by atoms with van der Waals surface area (Å²) in [5.41, 5.74) is 2.97. The average molecular weight is 386 g/mol. The topological polar surface area (TPSA) is 107 Å². The number of nitrogens with two attached hydrogens (primary N) is 1. The van der Waals surface area contributed by atoms with Crippen LogP contribution in [0.25, 0.3) is 11.6 Å². The minimum atomic E-state index is -4.68. The second-order valence-electron chi connectivity index (χ2n) is 6.99. The molecule has 10 heteroatoms. The maximum atomic E-state index is 13.4. The number of nitrogens with zero attached hydrogens (tertiary/aromatic N) is 3. The molecule has 3 heterocycles. The van der Waals surface area contributed by atoms with Crippen LogP contribution < -0.4 is 10.5 Å². The number of alkyl halides is 3. The minimum absolute atomic E-state index is 0.0357. The van der Waals surface area contributed by atoms with Crippen molar-refractivity contribution in [2.75, 3.05) is 5.73 Å². The number of rotatable bonds is 0. The van der Waals surface area contributed by atoms with Gasteiger partial charge in [-0.3, -0.25) is 0 Å². The lowest BCUT2D eigenvalue weighted by Crippen LogP contribution is -2.22. The SMILES string of the molecule is C[C@H]1CCCCC[C@@](C)(O)c2nnc(o2)-c2nc(c(C(F)(F)F)cc2N)O1. The van der Waals surface area contributed by atoms with E-state index in [1.807, 2.05) is 0 Å². The number of ether oxygens (including phenoxy) is 1. The molecule has 0 aliphatic carbocycles. The molecule has 0 amide bonds. The zero-order chi connectivity index (χ0) is 19.8. The number of nitrogen functional groups attached to an aromatic ring is 1. The number of aromatic nitrogens is 3. The molecule has 3 rings (SSSR count). The molecule has 2 aromatic rings. The van der Waals surface area contributed by atoms with E-state index in [-0.39, 0.29) is 23.2 Å². The number of halogens is 3. The van der Waals surface area contributed by atoms with Gasteiger partial charge in [0.1, 0.15) is 11.2 Å². The highest BCUT2D eigenvalue weighted by molar-refractivity contribution is 5.68. The standard InChI is InChI=1S/C17H21F3N4O3/c1-9-6-4-3-5-7-16(2,25)15-24-23-14(27-15)12-11(21)8-10(17(18,19)20)13(22-12)26-9/h8-9,25H,3-7,21H2,1-2H3/t9-,16+/m0/s1. The first kappa shape index (κ1) is 19.4. The first-order chi connectivity index (χ1) is 12.6. The van der Waals surface area contributed by atoms with Crippen molar-refractivity contribution in [3.05, 3.63) is 17.5 Å². The molecule has 7 nitrogen and oxygen atoms in total. The van der Waals surface area contributed by atoms with Crippen LogP contribution in [0.15, 0.2) is 10.5 Å². The molecule has 0 radical (unpaired) electrons. The second kappa shape index (κ2) is 6.99.